The molecule has 0 fully saturated rings. The van der Waals surface area contributed by atoms with Gasteiger partial charge >= 0.3 is 0 Å². The minimum Gasteiger partial charge on any atom is -0.393 e. The van der Waals surface area contributed by atoms with Crippen LogP contribution in [0.3, 0.4) is 0 Å². The molecule has 0 bridgehead atoms. The third kappa shape index (κ3) is 12.4. The largest absolute Gasteiger partial charge is 0.393 e. The number of aliphatic hydroxyl groups is 1. The second kappa shape index (κ2) is 13.4. The van der Waals surface area contributed by atoms with Gasteiger partial charge in [-0.1, -0.05) is 52.4 Å². The summed E-state index contributed by atoms with van der Waals surface area (Å²) in [6, 6.07) is 0. The monoisotopic (exact) mass is 246 g/mol. The van der Waals surface area contributed by atoms with Gasteiger partial charge < -0.3 is 5.11 Å². The molecule has 16 heavy (non-hydrogen) atoms. The molecule has 0 aliphatic heterocycles. The van der Waals surface area contributed by atoms with E-state index in [-0.39, 0.29) is 6.10 Å². The number of thioether (sulfide) groups is 1. The zero-order valence-electron chi connectivity index (χ0n) is 11.2. The summed E-state index contributed by atoms with van der Waals surface area (Å²) < 4.78 is 0. The summed E-state index contributed by atoms with van der Waals surface area (Å²) in [5.41, 5.74) is 0. The van der Waals surface area contributed by atoms with Crippen molar-refractivity contribution in [1.29, 1.82) is 0 Å². The zero-order valence-corrected chi connectivity index (χ0v) is 12.0. The summed E-state index contributed by atoms with van der Waals surface area (Å²) in [7, 11) is 0. The third-order valence-corrected chi connectivity index (χ3v) is 3.91. The molecule has 2 heteroatoms. The van der Waals surface area contributed by atoms with Crippen LogP contribution >= 0.6 is 11.8 Å². The number of unbranched alkanes of at least 4 members (excludes halogenated alkanes) is 5. The maximum absolute atomic E-state index is 9.71. The van der Waals surface area contributed by atoms with E-state index in [9.17, 15) is 5.11 Å². The average Bonchev–Trinajstić information content (AvgIpc) is 2.28. The van der Waals surface area contributed by atoms with Crippen LogP contribution in [0.5, 0.6) is 0 Å². The van der Waals surface area contributed by atoms with Crippen LogP contribution in [0.25, 0.3) is 0 Å². The molecule has 0 aliphatic rings. The lowest BCUT2D eigenvalue weighted by Gasteiger charge is -2.09. The van der Waals surface area contributed by atoms with Crippen LogP contribution in [0.2, 0.25) is 0 Å². The quantitative estimate of drug-likeness (QED) is 0.507. The number of hydrogen-bond acceptors (Lipinski definition) is 2. The van der Waals surface area contributed by atoms with Gasteiger partial charge in [-0.25, -0.2) is 0 Å². The minimum atomic E-state index is -0.0310. The lowest BCUT2D eigenvalue weighted by Crippen LogP contribution is -2.05. The van der Waals surface area contributed by atoms with Gasteiger partial charge in [0.1, 0.15) is 0 Å². The van der Waals surface area contributed by atoms with Gasteiger partial charge in [0.2, 0.25) is 0 Å². The Morgan fingerprint density at radius 3 is 2.12 bits per heavy atom. The number of rotatable bonds is 12. The molecule has 98 valence electrons. The number of aliphatic hydroxyl groups excluding tert-OH is 1. The molecule has 0 spiro atoms. The van der Waals surface area contributed by atoms with Gasteiger partial charge in [0.15, 0.2) is 0 Å². The Labute approximate surface area is 106 Å². The summed E-state index contributed by atoms with van der Waals surface area (Å²) in [5, 5.41) is 9.71. The van der Waals surface area contributed by atoms with Gasteiger partial charge in [-0.05, 0) is 30.8 Å². The van der Waals surface area contributed by atoms with Crippen LogP contribution in [0.15, 0.2) is 0 Å². The van der Waals surface area contributed by atoms with E-state index in [1.54, 1.807) is 0 Å². The SMILES string of the molecule is CCCCCC(O)CCCCCCSCC. The van der Waals surface area contributed by atoms with Crippen molar-refractivity contribution in [3.05, 3.63) is 0 Å². The highest BCUT2D eigenvalue weighted by atomic mass is 32.2. The van der Waals surface area contributed by atoms with E-state index in [1.807, 2.05) is 11.8 Å². The Bertz CT molecular complexity index is 128. The highest BCUT2D eigenvalue weighted by Gasteiger charge is 2.02. The Kier molecular flexibility index (Phi) is 13.6. The van der Waals surface area contributed by atoms with Crippen molar-refractivity contribution in [2.45, 2.75) is 77.7 Å². The second-order valence-electron chi connectivity index (χ2n) is 4.55. The molecule has 0 aromatic heterocycles. The van der Waals surface area contributed by atoms with Gasteiger partial charge in [-0.2, -0.15) is 11.8 Å². The van der Waals surface area contributed by atoms with E-state index < -0.39 is 0 Å². The van der Waals surface area contributed by atoms with Gasteiger partial charge in [0.05, 0.1) is 6.10 Å². The molecule has 0 aromatic carbocycles. The molecule has 0 radical (unpaired) electrons. The summed E-state index contributed by atoms with van der Waals surface area (Å²) in [5.74, 6) is 2.56. The fourth-order valence-electron chi connectivity index (χ4n) is 1.86. The van der Waals surface area contributed by atoms with Crippen LogP contribution in [0, 0.1) is 0 Å². The van der Waals surface area contributed by atoms with Crippen molar-refractivity contribution in [3.8, 4) is 0 Å². The van der Waals surface area contributed by atoms with Crippen LogP contribution in [0.4, 0.5) is 0 Å². The predicted molar refractivity (Wildman–Crippen MR) is 76.2 cm³/mol. The lowest BCUT2D eigenvalue weighted by molar-refractivity contribution is 0.147. The van der Waals surface area contributed by atoms with Crippen molar-refractivity contribution in [2.24, 2.45) is 0 Å². The van der Waals surface area contributed by atoms with E-state index in [1.165, 1.54) is 56.5 Å². The maximum atomic E-state index is 9.71. The van der Waals surface area contributed by atoms with Gasteiger partial charge in [0, 0.05) is 0 Å². The summed E-state index contributed by atoms with van der Waals surface area (Å²) in [4.78, 5) is 0. The van der Waals surface area contributed by atoms with Crippen LogP contribution in [0.1, 0.15) is 71.6 Å². The molecule has 0 saturated heterocycles. The first kappa shape index (κ1) is 16.3. The van der Waals surface area contributed by atoms with E-state index in [4.69, 9.17) is 0 Å². The molecule has 0 rings (SSSR count). The van der Waals surface area contributed by atoms with E-state index in [2.05, 4.69) is 13.8 Å². The molecule has 0 heterocycles. The maximum Gasteiger partial charge on any atom is 0.0540 e. The highest BCUT2D eigenvalue weighted by Crippen LogP contribution is 2.12. The first-order valence-electron chi connectivity index (χ1n) is 7.07. The van der Waals surface area contributed by atoms with Gasteiger partial charge in [-0.3, -0.25) is 0 Å². The molecule has 0 amide bonds. The molecule has 0 saturated carbocycles. The summed E-state index contributed by atoms with van der Waals surface area (Å²) in [6.45, 7) is 4.43. The first-order valence-corrected chi connectivity index (χ1v) is 8.22. The Balaban J connectivity index is 3.06. The van der Waals surface area contributed by atoms with Crippen molar-refractivity contribution < 1.29 is 5.11 Å². The molecular weight excluding hydrogens is 216 g/mol. The minimum absolute atomic E-state index is 0.0310. The summed E-state index contributed by atoms with van der Waals surface area (Å²) >= 11 is 2.04. The fourth-order valence-corrected chi connectivity index (χ4v) is 2.55. The van der Waals surface area contributed by atoms with E-state index >= 15 is 0 Å². The van der Waals surface area contributed by atoms with Crippen molar-refractivity contribution in [1.82, 2.24) is 0 Å². The molecule has 1 atom stereocenters. The standard InChI is InChI=1S/C14H30OS/c1-3-5-8-11-14(15)12-9-6-7-10-13-16-4-2/h14-15H,3-13H2,1-2H3. The molecule has 1 nitrogen and oxygen atoms in total. The summed E-state index contributed by atoms with van der Waals surface area (Å²) in [6.07, 6.45) is 10.9. The molecule has 1 N–H and O–H groups in total. The zero-order chi connectivity index (χ0) is 12.1. The Morgan fingerprint density at radius 2 is 1.50 bits per heavy atom. The molecular formula is C14H30OS. The van der Waals surface area contributed by atoms with Gasteiger partial charge in [0.25, 0.3) is 0 Å². The van der Waals surface area contributed by atoms with Crippen molar-refractivity contribution in [2.75, 3.05) is 11.5 Å². The number of hydrogen-bond donors (Lipinski definition) is 1. The Morgan fingerprint density at radius 1 is 0.875 bits per heavy atom. The van der Waals surface area contributed by atoms with Crippen molar-refractivity contribution in [3.63, 3.8) is 0 Å². The normalized spacial score (nSPS) is 12.9. The first-order chi connectivity index (χ1) is 7.81. The Hall–Kier alpha value is 0.310. The molecule has 0 aromatic rings. The predicted octanol–water partition coefficient (Wildman–Crippen LogP) is 4.63. The topological polar surface area (TPSA) is 20.2 Å². The highest BCUT2D eigenvalue weighted by molar-refractivity contribution is 7.99. The molecule has 0 aliphatic carbocycles. The second-order valence-corrected chi connectivity index (χ2v) is 5.94. The molecule has 1 unspecified atom stereocenters. The average molecular weight is 246 g/mol. The fraction of sp³-hybridized carbons (Fsp3) is 1.00. The third-order valence-electron chi connectivity index (χ3n) is 2.92. The van der Waals surface area contributed by atoms with Gasteiger partial charge in [-0.15, -0.1) is 0 Å². The van der Waals surface area contributed by atoms with Crippen LogP contribution in [-0.2, 0) is 0 Å². The van der Waals surface area contributed by atoms with E-state index in [0.29, 0.717) is 0 Å². The van der Waals surface area contributed by atoms with Crippen molar-refractivity contribution >= 4 is 11.8 Å². The smallest absolute Gasteiger partial charge is 0.0540 e. The van der Waals surface area contributed by atoms with Crippen LogP contribution in [-0.4, -0.2) is 22.7 Å². The lowest BCUT2D eigenvalue weighted by atomic mass is 10.0. The van der Waals surface area contributed by atoms with Crippen LogP contribution < -0.4 is 0 Å². The van der Waals surface area contributed by atoms with E-state index in [0.717, 1.165) is 12.8 Å².